The van der Waals surface area contributed by atoms with Crippen LogP contribution in [-0.2, 0) is 23.9 Å². The summed E-state index contributed by atoms with van der Waals surface area (Å²) in [4.78, 5) is 44.8. The second-order valence-corrected chi connectivity index (χ2v) is 6.85. The molecule has 29 heavy (non-hydrogen) atoms. The lowest BCUT2D eigenvalue weighted by Crippen LogP contribution is -2.50. The summed E-state index contributed by atoms with van der Waals surface area (Å²) >= 11 is 0. The molecule has 2 aliphatic heterocycles. The second kappa shape index (κ2) is 9.39. The van der Waals surface area contributed by atoms with Gasteiger partial charge in [-0.25, -0.2) is 9.59 Å². The highest BCUT2D eigenvalue weighted by atomic mass is 16.7. The topological polar surface area (TPSA) is 126 Å². The summed E-state index contributed by atoms with van der Waals surface area (Å²) < 4.78 is 9.87. The van der Waals surface area contributed by atoms with Crippen LogP contribution in [0, 0.1) is 0 Å². The Bertz CT molecular complexity index is 757. The molecular weight excluding hydrogens is 382 g/mol. The maximum atomic E-state index is 13.0. The number of H-pyrrole nitrogens is 1. The van der Waals surface area contributed by atoms with E-state index in [-0.39, 0.29) is 36.4 Å². The van der Waals surface area contributed by atoms with Crippen molar-refractivity contribution in [3.05, 3.63) is 18.0 Å². The number of likely N-dealkylation sites (tertiary alicyclic amines) is 1. The SMILES string of the molecule is CCOC(=O)CON=C(C(=O)N1CCC(N2C(=O)OCC2C)CC1)c1ccn[nH]1. The molecule has 2 amide bonds. The summed E-state index contributed by atoms with van der Waals surface area (Å²) in [5, 5.41) is 10.4. The van der Waals surface area contributed by atoms with Crippen molar-refractivity contribution in [2.24, 2.45) is 5.16 Å². The van der Waals surface area contributed by atoms with Crippen molar-refractivity contribution in [2.45, 2.75) is 38.8 Å². The molecule has 1 aromatic heterocycles. The number of rotatable bonds is 7. The number of esters is 1. The lowest BCUT2D eigenvalue weighted by Gasteiger charge is -2.37. The van der Waals surface area contributed by atoms with Crippen molar-refractivity contribution in [1.29, 1.82) is 0 Å². The number of piperidine rings is 1. The van der Waals surface area contributed by atoms with Gasteiger partial charge in [-0.05, 0) is 32.8 Å². The number of amides is 2. The highest BCUT2D eigenvalue weighted by molar-refractivity contribution is 6.44. The van der Waals surface area contributed by atoms with Gasteiger partial charge in [0.25, 0.3) is 5.91 Å². The van der Waals surface area contributed by atoms with Crippen LogP contribution in [0.2, 0.25) is 0 Å². The highest BCUT2D eigenvalue weighted by Crippen LogP contribution is 2.24. The summed E-state index contributed by atoms with van der Waals surface area (Å²) in [6.07, 6.45) is 2.49. The maximum absolute atomic E-state index is 13.0. The molecule has 0 aromatic carbocycles. The zero-order valence-corrected chi connectivity index (χ0v) is 16.5. The number of nitrogens with zero attached hydrogens (tertiary/aromatic N) is 4. The van der Waals surface area contributed by atoms with Gasteiger partial charge in [-0.15, -0.1) is 0 Å². The minimum atomic E-state index is -0.569. The third-order valence-corrected chi connectivity index (χ3v) is 4.88. The molecule has 2 saturated heterocycles. The first-order valence-electron chi connectivity index (χ1n) is 9.61. The molecule has 0 saturated carbocycles. The number of carbonyl (C=O) groups is 3. The molecular formula is C18H25N5O6. The van der Waals surface area contributed by atoms with E-state index in [2.05, 4.69) is 15.4 Å². The number of hydrogen-bond acceptors (Lipinski definition) is 8. The number of hydrogen-bond donors (Lipinski definition) is 1. The fraction of sp³-hybridized carbons (Fsp3) is 0.611. The van der Waals surface area contributed by atoms with Crippen molar-refractivity contribution < 1.29 is 28.7 Å². The van der Waals surface area contributed by atoms with Gasteiger partial charge in [-0.2, -0.15) is 5.10 Å². The van der Waals surface area contributed by atoms with Crippen molar-refractivity contribution in [3.63, 3.8) is 0 Å². The monoisotopic (exact) mass is 407 g/mol. The molecule has 3 rings (SSSR count). The molecule has 3 heterocycles. The van der Waals surface area contributed by atoms with Crippen molar-refractivity contribution >= 4 is 23.7 Å². The van der Waals surface area contributed by atoms with Crippen molar-refractivity contribution in [1.82, 2.24) is 20.0 Å². The van der Waals surface area contributed by atoms with E-state index in [0.29, 0.717) is 38.2 Å². The Balaban J connectivity index is 1.63. The normalized spacial score (nSPS) is 20.6. The average molecular weight is 407 g/mol. The molecule has 1 unspecified atom stereocenters. The molecule has 1 atom stereocenters. The number of aromatic amines is 1. The van der Waals surface area contributed by atoms with Crippen LogP contribution < -0.4 is 0 Å². The molecule has 2 fully saturated rings. The van der Waals surface area contributed by atoms with Crippen LogP contribution in [0.4, 0.5) is 4.79 Å². The molecule has 11 nitrogen and oxygen atoms in total. The molecule has 11 heteroatoms. The number of carbonyl (C=O) groups excluding carboxylic acids is 3. The Kier molecular flexibility index (Phi) is 6.68. The Morgan fingerprint density at radius 1 is 1.38 bits per heavy atom. The third kappa shape index (κ3) is 4.84. The predicted molar refractivity (Wildman–Crippen MR) is 100.0 cm³/mol. The summed E-state index contributed by atoms with van der Waals surface area (Å²) in [6.45, 7) is 4.80. The largest absolute Gasteiger partial charge is 0.463 e. The van der Waals surface area contributed by atoms with Crippen LogP contribution in [0.5, 0.6) is 0 Å². The molecule has 0 radical (unpaired) electrons. The van der Waals surface area contributed by atoms with Gasteiger partial charge in [0.15, 0.2) is 5.71 Å². The van der Waals surface area contributed by atoms with E-state index in [1.54, 1.807) is 22.8 Å². The predicted octanol–water partition coefficient (Wildman–Crippen LogP) is 0.525. The number of cyclic esters (lactones) is 1. The Hall–Kier alpha value is -3.11. The van der Waals surface area contributed by atoms with Gasteiger partial charge in [0, 0.05) is 25.3 Å². The summed E-state index contributed by atoms with van der Waals surface area (Å²) in [6, 6.07) is 1.67. The van der Waals surface area contributed by atoms with Gasteiger partial charge in [0.2, 0.25) is 6.61 Å². The second-order valence-electron chi connectivity index (χ2n) is 6.85. The Morgan fingerprint density at radius 3 is 2.72 bits per heavy atom. The Labute approximate surface area is 167 Å². The quantitative estimate of drug-likeness (QED) is 0.397. The first-order valence-corrected chi connectivity index (χ1v) is 9.61. The van der Waals surface area contributed by atoms with Crippen molar-refractivity contribution in [3.8, 4) is 0 Å². The van der Waals surface area contributed by atoms with Gasteiger partial charge in [0.05, 0.1) is 18.3 Å². The van der Waals surface area contributed by atoms with Crippen LogP contribution in [0.1, 0.15) is 32.4 Å². The maximum Gasteiger partial charge on any atom is 0.410 e. The van der Waals surface area contributed by atoms with Crippen molar-refractivity contribution in [2.75, 3.05) is 32.9 Å². The first kappa shape index (κ1) is 20.6. The van der Waals surface area contributed by atoms with E-state index >= 15 is 0 Å². The summed E-state index contributed by atoms with van der Waals surface area (Å²) in [7, 11) is 0. The lowest BCUT2D eigenvalue weighted by atomic mass is 10.0. The number of oxime groups is 1. The van der Waals surface area contributed by atoms with Gasteiger partial charge >= 0.3 is 12.1 Å². The highest BCUT2D eigenvalue weighted by Gasteiger charge is 2.38. The van der Waals surface area contributed by atoms with E-state index in [0.717, 1.165) is 0 Å². The summed E-state index contributed by atoms with van der Waals surface area (Å²) in [5.74, 6) is -0.909. The first-order chi connectivity index (χ1) is 14.0. The van der Waals surface area contributed by atoms with E-state index in [9.17, 15) is 14.4 Å². The Morgan fingerprint density at radius 2 is 2.14 bits per heavy atom. The standard InChI is InChI=1S/C18H25N5O6/c1-3-27-15(24)11-29-21-16(14-4-7-19-20-14)17(25)22-8-5-13(6-9-22)23-12(2)10-28-18(23)26/h4,7,12-13H,3,5-6,8-11H2,1-2H3,(H,19,20). The number of aromatic nitrogens is 2. The van der Waals surface area contributed by atoms with E-state index in [1.165, 1.54) is 6.20 Å². The van der Waals surface area contributed by atoms with Gasteiger partial charge < -0.3 is 19.2 Å². The van der Waals surface area contributed by atoms with Gasteiger partial charge in [0.1, 0.15) is 6.61 Å². The van der Waals surface area contributed by atoms with E-state index < -0.39 is 12.6 Å². The molecule has 1 aromatic rings. The fourth-order valence-electron chi connectivity index (χ4n) is 3.48. The zero-order chi connectivity index (χ0) is 20.8. The van der Waals surface area contributed by atoms with Crippen LogP contribution in [0.15, 0.2) is 17.4 Å². The average Bonchev–Trinajstić information content (AvgIpc) is 3.35. The number of nitrogens with one attached hydrogen (secondary N) is 1. The zero-order valence-electron chi connectivity index (χ0n) is 16.5. The minimum Gasteiger partial charge on any atom is -0.463 e. The molecule has 158 valence electrons. The van der Waals surface area contributed by atoms with Crippen LogP contribution in [0.3, 0.4) is 0 Å². The smallest absolute Gasteiger partial charge is 0.410 e. The van der Waals surface area contributed by atoms with Gasteiger partial charge in [-0.3, -0.25) is 14.8 Å². The fourth-order valence-corrected chi connectivity index (χ4v) is 3.48. The number of ether oxygens (including phenoxy) is 2. The molecule has 0 spiro atoms. The molecule has 2 aliphatic rings. The molecule has 0 aliphatic carbocycles. The van der Waals surface area contributed by atoms with Crippen LogP contribution in [-0.4, -0.2) is 88.7 Å². The third-order valence-electron chi connectivity index (χ3n) is 4.88. The van der Waals surface area contributed by atoms with E-state index in [4.69, 9.17) is 14.3 Å². The summed E-state index contributed by atoms with van der Waals surface area (Å²) in [5.41, 5.74) is 0.414. The van der Waals surface area contributed by atoms with Gasteiger partial charge in [-0.1, -0.05) is 5.16 Å². The molecule has 0 bridgehead atoms. The van der Waals surface area contributed by atoms with E-state index in [1.807, 2.05) is 6.92 Å². The van der Waals surface area contributed by atoms with Crippen LogP contribution >= 0.6 is 0 Å². The minimum absolute atomic E-state index is 0.0270. The van der Waals surface area contributed by atoms with Crippen LogP contribution in [0.25, 0.3) is 0 Å². The molecule has 1 N–H and O–H groups in total. The lowest BCUT2D eigenvalue weighted by molar-refractivity contribution is -0.148.